The van der Waals surface area contributed by atoms with Crippen LogP contribution in [0.2, 0.25) is 0 Å². The van der Waals surface area contributed by atoms with E-state index in [2.05, 4.69) is 5.32 Å². The average molecular weight is 173 g/mol. The van der Waals surface area contributed by atoms with Crippen LogP contribution >= 0.6 is 0 Å². The molecule has 0 aliphatic carbocycles. The normalized spacial score (nSPS) is 15.5. The van der Waals surface area contributed by atoms with E-state index >= 15 is 0 Å². The third kappa shape index (κ3) is 1.47. The molecule has 2 nitrogen and oxygen atoms in total. The van der Waals surface area contributed by atoms with E-state index in [0.717, 1.165) is 16.8 Å². The summed E-state index contributed by atoms with van der Waals surface area (Å²) in [6.07, 6.45) is 2.43. The highest BCUT2D eigenvalue weighted by molar-refractivity contribution is 5.97. The van der Waals surface area contributed by atoms with Crippen LogP contribution in [0.25, 0.3) is 5.57 Å². The summed E-state index contributed by atoms with van der Waals surface area (Å²) in [5.74, 6) is 0.0595. The predicted molar refractivity (Wildman–Crippen MR) is 53.3 cm³/mol. The Kier molecular flexibility index (Phi) is 1.89. The third-order valence-electron chi connectivity index (χ3n) is 2.22. The molecule has 0 fully saturated rings. The molecule has 0 atom stereocenters. The standard InChI is InChI=1S/C11H11NO/c1-8-6-7-11(13)12-10-5-3-2-4-9(8)10/h2-6H,7H2,1H3,(H,12,13). The summed E-state index contributed by atoms with van der Waals surface area (Å²) in [6, 6.07) is 7.86. The van der Waals surface area contributed by atoms with Crippen LogP contribution < -0.4 is 5.32 Å². The Balaban J connectivity index is 2.55. The van der Waals surface area contributed by atoms with Gasteiger partial charge in [0.2, 0.25) is 5.91 Å². The van der Waals surface area contributed by atoms with Crippen LogP contribution in [0.5, 0.6) is 0 Å². The lowest BCUT2D eigenvalue weighted by Crippen LogP contribution is -2.08. The summed E-state index contributed by atoms with van der Waals surface area (Å²) in [5.41, 5.74) is 3.20. The Morgan fingerprint density at radius 3 is 2.92 bits per heavy atom. The number of nitrogens with one attached hydrogen (secondary N) is 1. The van der Waals surface area contributed by atoms with Gasteiger partial charge in [-0.2, -0.15) is 0 Å². The van der Waals surface area contributed by atoms with Crippen LogP contribution in [0.1, 0.15) is 18.9 Å². The zero-order valence-corrected chi connectivity index (χ0v) is 7.50. The Morgan fingerprint density at radius 1 is 1.31 bits per heavy atom. The smallest absolute Gasteiger partial charge is 0.228 e. The van der Waals surface area contributed by atoms with Gasteiger partial charge in [-0.25, -0.2) is 0 Å². The fourth-order valence-corrected chi connectivity index (χ4v) is 1.49. The first-order chi connectivity index (χ1) is 6.27. The lowest BCUT2D eigenvalue weighted by Gasteiger charge is -2.06. The largest absolute Gasteiger partial charge is 0.325 e. The van der Waals surface area contributed by atoms with Crippen molar-refractivity contribution >= 4 is 17.2 Å². The molecule has 1 N–H and O–H groups in total. The molecular formula is C11H11NO. The number of hydrogen-bond donors (Lipinski definition) is 1. The van der Waals surface area contributed by atoms with Crippen molar-refractivity contribution in [1.29, 1.82) is 0 Å². The molecule has 0 spiro atoms. The van der Waals surface area contributed by atoms with E-state index in [0.29, 0.717) is 6.42 Å². The number of amides is 1. The number of fused-ring (bicyclic) bond motifs is 1. The lowest BCUT2D eigenvalue weighted by atomic mass is 10.1. The monoisotopic (exact) mass is 173 g/mol. The molecule has 13 heavy (non-hydrogen) atoms. The van der Waals surface area contributed by atoms with Crippen molar-refractivity contribution < 1.29 is 4.79 Å². The number of carbonyl (C=O) groups excluding carboxylic acids is 1. The van der Waals surface area contributed by atoms with Crippen molar-refractivity contribution in [2.45, 2.75) is 13.3 Å². The maximum absolute atomic E-state index is 11.2. The summed E-state index contributed by atoms with van der Waals surface area (Å²) in [5, 5.41) is 2.86. The van der Waals surface area contributed by atoms with Gasteiger partial charge in [-0.15, -0.1) is 0 Å². The molecule has 0 unspecified atom stereocenters. The molecule has 1 heterocycles. The minimum Gasteiger partial charge on any atom is -0.325 e. The van der Waals surface area contributed by atoms with Crippen molar-refractivity contribution in [3.8, 4) is 0 Å². The first-order valence-electron chi connectivity index (χ1n) is 4.33. The Bertz CT molecular complexity index is 379. The molecule has 0 bridgehead atoms. The first kappa shape index (κ1) is 8.05. The first-order valence-corrected chi connectivity index (χ1v) is 4.33. The molecule has 0 saturated carbocycles. The van der Waals surface area contributed by atoms with Gasteiger partial charge in [0.1, 0.15) is 0 Å². The van der Waals surface area contributed by atoms with Gasteiger partial charge in [-0.3, -0.25) is 4.79 Å². The predicted octanol–water partition coefficient (Wildman–Crippen LogP) is 2.43. The van der Waals surface area contributed by atoms with Crippen molar-refractivity contribution in [3.05, 3.63) is 35.9 Å². The van der Waals surface area contributed by atoms with Gasteiger partial charge < -0.3 is 5.32 Å². The van der Waals surface area contributed by atoms with Gasteiger partial charge in [0.25, 0.3) is 0 Å². The Labute approximate surface area is 77.3 Å². The second-order valence-electron chi connectivity index (χ2n) is 3.19. The van der Waals surface area contributed by atoms with Crippen LogP contribution in [0.4, 0.5) is 5.69 Å². The van der Waals surface area contributed by atoms with E-state index in [1.54, 1.807) is 0 Å². The number of para-hydroxylation sites is 1. The summed E-state index contributed by atoms with van der Waals surface area (Å²) in [6.45, 7) is 2.03. The number of hydrogen-bond acceptors (Lipinski definition) is 1. The van der Waals surface area contributed by atoms with Gasteiger partial charge in [0, 0.05) is 17.7 Å². The van der Waals surface area contributed by atoms with Gasteiger partial charge in [0.15, 0.2) is 0 Å². The van der Waals surface area contributed by atoms with Crippen LogP contribution in [-0.2, 0) is 4.79 Å². The van der Waals surface area contributed by atoms with Crippen LogP contribution in [-0.4, -0.2) is 5.91 Å². The summed E-state index contributed by atoms with van der Waals surface area (Å²) in [4.78, 5) is 11.2. The molecular weight excluding hydrogens is 162 g/mol. The van der Waals surface area contributed by atoms with E-state index in [4.69, 9.17) is 0 Å². The highest BCUT2D eigenvalue weighted by Gasteiger charge is 2.10. The fourth-order valence-electron chi connectivity index (χ4n) is 1.49. The van der Waals surface area contributed by atoms with E-state index in [1.807, 2.05) is 37.3 Å². The molecule has 2 heteroatoms. The number of anilines is 1. The number of benzene rings is 1. The van der Waals surface area contributed by atoms with E-state index in [1.165, 1.54) is 0 Å². The van der Waals surface area contributed by atoms with Gasteiger partial charge in [-0.05, 0) is 18.6 Å². The minimum atomic E-state index is 0.0595. The maximum atomic E-state index is 11.2. The van der Waals surface area contributed by atoms with Crippen molar-refractivity contribution in [3.63, 3.8) is 0 Å². The molecule has 1 aliphatic heterocycles. The minimum absolute atomic E-state index is 0.0595. The van der Waals surface area contributed by atoms with E-state index < -0.39 is 0 Å². The van der Waals surface area contributed by atoms with Gasteiger partial charge in [0.05, 0.1) is 0 Å². The molecule has 0 aromatic heterocycles. The van der Waals surface area contributed by atoms with E-state index in [-0.39, 0.29) is 5.91 Å². The second kappa shape index (κ2) is 3.05. The molecule has 66 valence electrons. The molecule has 1 aromatic carbocycles. The molecule has 1 amide bonds. The quantitative estimate of drug-likeness (QED) is 0.641. The highest BCUT2D eigenvalue weighted by Crippen LogP contribution is 2.26. The Morgan fingerprint density at radius 2 is 2.08 bits per heavy atom. The van der Waals surface area contributed by atoms with Crippen molar-refractivity contribution in [1.82, 2.24) is 0 Å². The molecule has 1 aromatic rings. The van der Waals surface area contributed by atoms with Crippen LogP contribution in [0.15, 0.2) is 30.3 Å². The zero-order chi connectivity index (χ0) is 9.26. The van der Waals surface area contributed by atoms with E-state index in [9.17, 15) is 4.79 Å². The summed E-state index contributed by atoms with van der Waals surface area (Å²) in [7, 11) is 0. The Hall–Kier alpha value is -1.57. The van der Waals surface area contributed by atoms with Crippen LogP contribution in [0.3, 0.4) is 0 Å². The van der Waals surface area contributed by atoms with Crippen molar-refractivity contribution in [2.24, 2.45) is 0 Å². The highest BCUT2D eigenvalue weighted by atomic mass is 16.1. The molecule has 2 rings (SSSR count). The average Bonchev–Trinajstić information content (AvgIpc) is 2.27. The van der Waals surface area contributed by atoms with Crippen molar-refractivity contribution in [2.75, 3.05) is 5.32 Å². The molecule has 1 aliphatic rings. The van der Waals surface area contributed by atoms with Gasteiger partial charge in [-0.1, -0.05) is 24.3 Å². The molecule has 0 saturated heterocycles. The maximum Gasteiger partial charge on any atom is 0.228 e. The van der Waals surface area contributed by atoms with Gasteiger partial charge >= 0.3 is 0 Å². The summed E-state index contributed by atoms with van der Waals surface area (Å²) >= 11 is 0. The summed E-state index contributed by atoms with van der Waals surface area (Å²) < 4.78 is 0. The molecule has 0 radical (unpaired) electrons. The number of allylic oxidation sites excluding steroid dienone is 1. The lowest BCUT2D eigenvalue weighted by molar-refractivity contribution is -0.115. The second-order valence-corrected chi connectivity index (χ2v) is 3.19. The zero-order valence-electron chi connectivity index (χ0n) is 7.50. The third-order valence-corrected chi connectivity index (χ3v) is 2.22. The number of carbonyl (C=O) groups is 1. The topological polar surface area (TPSA) is 29.1 Å². The number of rotatable bonds is 0. The SMILES string of the molecule is CC1=CCC(=O)Nc2ccccc21. The fraction of sp³-hybridized carbons (Fsp3) is 0.182. The van der Waals surface area contributed by atoms with Crippen LogP contribution in [0, 0.1) is 0 Å².